The molecule has 2 unspecified atom stereocenters. The normalized spacial score (nSPS) is 15.4. The average Bonchev–Trinajstić information content (AvgIpc) is 2.12. The highest BCUT2D eigenvalue weighted by Gasteiger charge is 2.32. The van der Waals surface area contributed by atoms with Gasteiger partial charge in [-0.1, -0.05) is 0 Å². The Bertz CT molecular complexity index is 335. The smallest absolute Gasteiger partial charge is 0.438 e. The lowest BCUT2D eigenvalue weighted by molar-refractivity contribution is 0.0754. The summed E-state index contributed by atoms with van der Waals surface area (Å²) < 4.78 is 46.6. The maximum atomic E-state index is 11.3. The molecule has 7 nitrogen and oxygen atoms in total. The molecule has 0 aromatic carbocycles. The van der Waals surface area contributed by atoms with E-state index in [1.54, 1.807) is 6.92 Å². The molecular weight excluding hydrogens is 247 g/mol. The van der Waals surface area contributed by atoms with Gasteiger partial charge in [0, 0.05) is 6.26 Å². The van der Waals surface area contributed by atoms with Gasteiger partial charge in [-0.15, -0.1) is 0 Å². The van der Waals surface area contributed by atoms with Gasteiger partial charge in [-0.25, -0.2) is 13.2 Å². The first-order valence-corrected chi connectivity index (χ1v) is 7.27. The van der Waals surface area contributed by atoms with E-state index in [4.69, 9.17) is 0 Å². The van der Waals surface area contributed by atoms with Crippen molar-refractivity contribution in [3.63, 3.8) is 0 Å². The molecule has 0 amide bonds. The molecule has 9 heteroatoms. The Kier molecular flexibility index (Phi) is 5.85. The summed E-state index contributed by atoms with van der Waals surface area (Å²) in [5.41, 5.74) is 0. The molecule has 0 bridgehead atoms. The summed E-state index contributed by atoms with van der Waals surface area (Å²) in [6, 6.07) is 0. The van der Waals surface area contributed by atoms with Crippen molar-refractivity contribution in [2.24, 2.45) is 0 Å². The number of carbonyl (C=O) groups excluding carboxylic acids is 1. The molecule has 0 spiro atoms. The van der Waals surface area contributed by atoms with E-state index in [9.17, 15) is 17.8 Å². The lowest BCUT2D eigenvalue weighted by Crippen LogP contribution is -2.24. The van der Waals surface area contributed by atoms with Crippen molar-refractivity contribution < 1.29 is 31.8 Å². The zero-order valence-electron chi connectivity index (χ0n) is 8.55. The van der Waals surface area contributed by atoms with E-state index in [-0.39, 0.29) is 6.61 Å². The molecule has 0 saturated heterocycles. The number of hydrogen-bond acceptors (Lipinski definition) is 7. The summed E-state index contributed by atoms with van der Waals surface area (Å²) in [5.74, 6) is 0. The van der Waals surface area contributed by atoms with Crippen LogP contribution >= 0.6 is 8.03 Å². The van der Waals surface area contributed by atoms with Crippen LogP contribution in [-0.2, 0) is 28.4 Å². The van der Waals surface area contributed by atoms with Crippen LogP contribution in [-0.4, -0.2) is 39.7 Å². The van der Waals surface area contributed by atoms with Crippen LogP contribution in [0.15, 0.2) is 0 Å². The van der Waals surface area contributed by atoms with Crippen LogP contribution in [0.5, 0.6) is 0 Å². The monoisotopic (exact) mass is 260 g/mol. The summed E-state index contributed by atoms with van der Waals surface area (Å²) in [6.07, 6.45) is -0.425. The third kappa shape index (κ3) is 5.15. The number of sulfone groups is 1. The molecular formula is C6H13O7PS. The molecule has 90 valence electrons. The third-order valence-electron chi connectivity index (χ3n) is 1.24. The van der Waals surface area contributed by atoms with E-state index in [2.05, 4.69) is 14.0 Å². The van der Waals surface area contributed by atoms with E-state index < -0.39 is 29.2 Å². The number of rotatable bonds is 5. The van der Waals surface area contributed by atoms with Crippen molar-refractivity contribution in [1.82, 2.24) is 0 Å². The fourth-order valence-electron chi connectivity index (χ4n) is 0.656. The number of carbonyl (C=O) groups is 1. The number of ether oxygens (including phenoxy) is 2. The summed E-state index contributed by atoms with van der Waals surface area (Å²) in [4.78, 5) is 10.7. The Balaban J connectivity index is 4.75. The van der Waals surface area contributed by atoms with Crippen molar-refractivity contribution in [1.29, 1.82) is 0 Å². The molecule has 0 aliphatic carbocycles. The summed E-state index contributed by atoms with van der Waals surface area (Å²) in [5, 5.41) is -1.80. The van der Waals surface area contributed by atoms with Gasteiger partial charge < -0.3 is 14.0 Å². The van der Waals surface area contributed by atoms with Crippen LogP contribution in [0.2, 0.25) is 0 Å². The van der Waals surface area contributed by atoms with Gasteiger partial charge in [-0.2, -0.15) is 0 Å². The molecule has 0 aromatic heterocycles. The largest absolute Gasteiger partial charge is 0.509 e. The van der Waals surface area contributed by atoms with Gasteiger partial charge in [0.2, 0.25) is 8.03 Å². The first-order valence-electron chi connectivity index (χ1n) is 3.93. The predicted octanol–water partition coefficient (Wildman–Crippen LogP) is 0.609. The topological polar surface area (TPSA) is 96.0 Å². The fourth-order valence-corrected chi connectivity index (χ4v) is 3.12. The molecule has 0 rings (SSSR count). The Morgan fingerprint density at radius 1 is 1.47 bits per heavy atom. The van der Waals surface area contributed by atoms with Crippen LogP contribution in [0.1, 0.15) is 6.92 Å². The van der Waals surface area contributed by atoms with Crippen LogP contribution in [0.25, 0.3) is 0 Å². The summed E-state index contributed by atoms with van der Waals surface area (Å²) in [6.45, 7) is 1.61. The van der Waals surface area contributed by atoms with E-state index in [1.807, 2.05) is 0 Å². The number of hydrogen-bond donors (Lipinski definition) is 0. The summed E-state index contributed by atoms with van der Waals surface area (Å²) >= 11 is 0. The zero-order chi connectivity index (χ0) is 12.1. The lowest BCUT2D eigenvalue weighted by Gasteiger charge is -2.14. The molecule has 0 aromatic rings. The fraction of sp³-hybridized carbons (Fsp3) is 0.833. The van der Waals surface area contributed by atoms with Gasteiger partial charge in [0.25, 0.3) is 5.18 Å². The van der Waals surface area contributed by atoms with Crippen molar-refractivity contribution in [2.45, 2.75) is 12.1 Å². The molecule has 0 saturated carbocycles. The first kappa shape index (κ1) is 14.4. The van der Waals surface area contributed by atoms with Crippen molar-refractivity contribution >= 4 is 24.0 Å². The Morgan fingerprint density at radius 2 is 2.00 bits per heavy atom. The molecule has 0 aliphatic heterocycles. The van der Waals surface area contributed by atoms with Crippen molar-refractivity contribution in [2.75, 3.05) is 20.0 Å². The van der Waals surface area contributed by atoms with Gasteiger partial charge in [0.15, 0.2) is 9.84 Å². The van der Waals surface area contributed by atoms with Crippen LogP contribution < -0.4 is 0 Å². The third-order valence-corrected chi connectivity index (χ3v) is 5.05. The minimum absolute atomic E-state index is 0.0638. The maximum absolute atomic E-state index is 11.3. The quantitative estimate of drug-likeness (QED) is 0.527. The van der Waals surface area contributed by atoms with Crippen molar-refractivity contribution in [3.8, 4) is 0 Å². The Hall–Kier alpha value is -0.590. The SMILES string of the molecule is CCO[PH](=O)C(OC(=O)OC)S(C)(=O)=O. The average molecular weight is 260 g/mol. The van der Waals surface area contributed by atoms with Gasteiger partial charge in [-0.05, 0) is 6.92 Å². The van der Waals surface area contributed by atoms with Gasteiger partial charge in [0.1, 0.15) is 0 Å². The Labute approximate surface area is 88.5 Å². The standard InChI is InChI=1S/C6H13O7PS/c1-4-12-14(8)6(15(3,9)10)13-5(7)11-2/h6,14H,4H2,1-3H3. The second-order valence-corrected chi connectivity index (χ2v) is 6.44. The molecule has 2 atom stereocenters. The van der Waals surface area contributed by atoms with Gasteiger partial charge in [-0.3, -0.25) is 4.57 Å². The number of methoxy groups -OCH3 is 1. The first-order chi connectivity index (χ1) is 6.82. The zero-order valence-corrected chi connectivity index (χ0v) is 10.4. The summed E-state index contributed by atoms with van der Waals surface area (Å²) in [7, 11) is -5.80. The molecule has 0 aliphatic rings. The van der Waals surface area contributed by atoms with Crippen LogP contribution in [0, 0.1) is 0 Å². The lowest BCUT2D eigenvalue weighted by atomic mass is 10.9. The van der Waals surface area contributed by atoms with E-state index in [1.165, 1.54) is 0 Å². The molecule has 15 heavy (non-hydrogen) atoms. The van der Waals surface area contributed by atoms with Crippen molar-refractivity contribution in [3.05, 3.63) is 0 Å². The highest BCUT2D eigenvalue weighted by Crippen LogP contribution is 2.33. The van der Waals surface area contributed by atoms with E-state index >= 15 is 0 Å². The van der Waals surface area contributed by atoms with E-state index in [0.29, 0.717) is 0 Å². The molecule has 0 radical (unpaired) electrons. The van der Waals surface area contributed by atoms with Gasteiger partial charge >= 0.3 is 6.16 Å². The second kappa shape index (κ2) is 6.09. The maximum Gasteiger partial charge on any atom is 0.509 e. The molecule has 0 fully saturated rings. The highest BCUT2D eigenvalue weighted by atomic mass is 32.2. The Morgan fingerprint density at radius 3 is 2.33 bits per heavy atom. The van der Waals surface area contributed by atoms with E-state index in [0.717, 1.165) is 13.4 Å². The molecule has 0 heterocycles. The van der Waals surface area contributed by atoms with Crippen LogP contribution in [0.3, 0.4) is 0 Å². The minimum Gasteiger partial charge on any atom is -0.438 e. The predicted molar refractivity (Wildman–Crippen MR) is 52.7 cm³/mol. The van der Waals surface area contributed by atoms with Gasteiger partial charge in [0.05, 0.1) is 13.7 Å². The minimum atomic E-state index is -3.81. The highest BCUT2D eigenvalue weighted by molar-refractivity contribution is 7.96. The second-order valence-electron chi connectivity index (χ2n) is 2.49. The molecule has 0 N–H and O–H groups in total. The van der Waals surface area contributed by atoms with Crippen LogP contribution in [0.4, 0.5) is 4.79 Å².